The van der Waals surface area contributed by atoms with Gasteiger partial charge in [-0.1, -0.05) is 12.1 Å². The number of benzene rings is 1. The highest BCUT2D eigenvalue weighted by Crippen LogP contribution is 2.20. The predicted octanol–water partition coefficient (Wildman–Crippen LogP) is 3.50. The lowest BCUT2D eigenvalue weighted by molar-refractivity contribution is -0.126. The summed E-state index contributed by atoms with van der Waals surface area (Å²) in [6, 6.07) is 4.91. The van der Waals surface area contributed by atoms with Crippen molar-refractivity contribution in [3.05, 3.63) is 29.8 Å². The van der Waals surface area contributed by atoms with Crippen molar-refractivity contribution in [2.24, 2.45) is 0 Å². The van der Waals surface area contributed by atoms with Crippen molar-refractivity contribution in [1.82, 2.24) is 5.32 Å². The van der Waals surface area contributed by atoms with Gasteiger partial charge in [0.05, 0.1) is 6.54 Å². The maximum atomic E-state index is 12.0. The minimum atomic E-state index is -4.28. The third-order valence-corrected chi connectivity index (χ3v) is 2.21. The van der Waals surface area contributed by atoms with E-state index < -0.39 is 25.4 Å². The topological polar surface area (TPSA) is 21.3 Å². The molecule has 0 aromatic heterocycles. The van der Waals surface area contributed by atoms with Crippen LogP contribution in [0, 0.1) is 0 Å². The Labute approximate surface area is 101 Å². The van der Waals surface area contributed by atoms with Crippen molar-refractivity contribution >= 4 is 0 Å². The van der Waals surface area contributed by atoms with E-state index in [4.69, 9.17) is 0 Å². The Balaban J connectivity index is 2.56. The van der Waals surface area contributed by atoms with Gasteiger partial charge in [-0.05, 0) is 24.6 Å². The van der Waals surface area contributed by atoms with Crippen LogP contribution in [0.3, 0.4) is 0 Å². The summed E-state index contributed by atoms with van der Waals surface area (Å²) in [6.45, 7) is -2.48. The lowest BCUT2D eigenvalue weighted by Gasteiger charge is -2.16. The third kappa shape index (κ3) is 5.31. The fourth-order valence-electron chi connectivity index (χ4n) is 1.32. The molecule has 0 aliphatic rings. The second-order valence-electron chi connectivity index (χ2n) is 3.67. The van der Waals surface area contributed by atoms with Crippen LogP contribution in [0.25, 0.3) is 0 Å². The molecule has 0 radical (unpaired) electrons. The molecule has 0 bridgehead atoms. The molecule has 7 heteroatoms. The normalized spacial score (nSPS) is 13.7. The van der Waals surface area contributed by atoms with Crippen LogP contribution in [0.15, 0.2) is 24.3 Å². The highest BCUT2D eigenvalue weighted by Gasteiger charge is 2.27. The fraction of sp³-hybridized carbons (Fsp3) is 0.455. The quantitative estimate of drug-likeness (QED) is 0.826. The van der Waals surface area contributed by atoms with Gasteiger partial charge in [-0.25, -0.2) is 0 Å². The second-order valence-corrected chi connectivity index (χ2v) is 3.67. The molecule has 0 saturated carbocycles. The Morgan fingerprint density at radius 3 is 2.17 bits per heavy atom. The van der Waals surface area contributed by atoms with E-state index >= 15 is 0 Å². The molecule has 0 fully saturated rings. The molecule has 0 amide bonds. The van der Waals surface area contributed by atoms with Gasteiger partial charge in [0, 0.05) is 6.04 Å². The zero-order chi connectivity index (χ0) is 13.8. The number of halogens is 5. The number of hydrogen-bond acceptors (Lipinski definition) is 2. The first kappa shape index (κ1) is 14.7. The summed E-state index contributed by atoms with van der Waals surface area (Å²) >= 11 is 0. The van der Waals surface area contributed by atoms with Gasteiger partial charge in [0.15, 0.2) is 0 Å². The maximum absolute atomic E-state index is 12.0. The fourth-order valence-corrected chi connectivity index (χ4v) is 1.32. The van der Waals surface area contributed by atoms with E-state index in [1.807, 2.05) is 0 Å². The zero-order valence-corrected chi connectivity index (χ0v) is 9.47. The van der Waals surface area contributed by atoms with Gasteiger partial charge in [0.2, 0.25) is 0 Å². The Morgan fingerprint density at radius 2 is 1.72 bits per heavy atom. The summed E-state index contributed by atoms with van der Waals surface area (Å²) < 4.78 is 63.8. The molecule has 0 aliphatic heterocycles. The second kappa shape index (κ2) is 5.99. The Bertz CT molecular complexity index is 363. The minimum absolute atomic E-state index is 0.0308. The van der Waals surface area contributed by atoms with E-state index in [0.717, 1.165) is 0 Å². The van der Waals surface area contributed by atoms with E-state index in [-0.39, 0.29) is 5.75 Å². The molecule has 1 aromatic carbocycles. The van der Waals surface area contributed by atoms with Gasteiger partial charge >= 0.3 is 12.8 Å². The number of alkyl halides is 5. The molecule has 1 N–H and O–H groups in total. The van der Waals surface area contributed by atoms with Crippen LogP contribution in [0.4, 0.5) is 22.0 Å². The van der Waals surface area contributed by atoms with Crippen LogP contribution in [0.5, 0.6) is 5.75 Å². The van der Waals surface area contributed by atoms with Crippen LogP contribution in [0.2, 0.25) is 0 Å². The third-order valence-electron chi connectivity index (χ3n) is 2.21. The van der Waals surface area contributed by atoms with Crippen molar-refractivity contribution < 1.29 is 26.7 Å². The van der Waals surface area contributed by atoms with Crippen LogP contribution in [0.1, 0.15) is 18.5 Å². The summed E-state index contributed by atoms with van der Waals surface area (Å²) in [4.78, 5) is 0. The van der Waals surface area contributed by atoms with Gasteiger partial charge in [-0.2, -0.15) is 22.0 Å². The zero-order valence-electron chi connectivity index (χ0n) is 9.47. The van der Waals surface area contributed by atoms with Crippen molar-refractivity contribution in [3.8, 4) is 5.75 Å². The molecule has 0 spiro atoms. The smallest absolute Gasteiger partial charge is 0.401 e. The van der Waals surface area contributed by atoms with Gasteiger partial charge < -0.3 is 10.1 Å². The Hall–Kier alpha value is -1.37. The standard InChI is InChI=1S/C11H12F5NO/c1-7(17-6-11(14,15)16)8-2-4-9(5-3-8)18-10(12)13/h2-5,7,10,17H,6H2,1H3. The lowest BCUT2D eigenvalue weighted by atomic mass is 10.1. The van der Waals surface area contributed by atoms with E-state index in [1.165, 1.54) is 24.3 Å². The summed E-state index contributed by atoms with van der Waals surface area (Å²) in [5.74, 6) is -0.0308. The average Bonchev–Trinajstić information content (AvgIpc) is 2.25. The first-order chi connectivity index (χ1) is 8.28. The molecule has 0 saturated heterocycles. The molecular formula is C11H12F5NO. The number of nitrogens with one attached hydrogen (secondary N) is 1. The molecule has 1 unspecified atom stereocenters. The summed E-state index contributed by atoms with van der Waals surface area (Å²) in [5.41, 5.74) is 0.556. The van der Waals surface area contributed by atoms with Crippen LogP contribution >= 0.6 is 0 Å². The van der Waals surface area contributed by atoms with Crippen molar-refractivity contribution in [2.45, 2.75) is 25.8 Å². The number of hydrogen-bond donors (Lipinski definition) is 1. The van der Waals surface area contributed by atoms with Crippen molar-refractivity contribution in [2.75, 3.05) is 6.54 Å². The van der Waals surface area contributed by atoms with Gasteiger partial charge in [-0.3, -0.25) is 0 Å². The predicted molar refractivity (Wildman–Crippen MR) is 55.5 cm³/mol. The molecular weight excluding hydrogens is 257 g/mol. The van der Waals surface area contributed by atoms with E-state index in [0.29, 0.717) is 5.56 Å². The highest BCUT2D eigenvalue weighted by atomic mass is 19.4. The molecule has 102 valence electrons. The molecule has 1 aromatic rings. The van der Waals surface area contributed by atoms with Crippen LogP contribution in [-0.4, -0.2) is 19.3 Å². The van der Waals surface area contributed by atoms with Gasteiger partial charge in [0.1, 0.15) is 5.75 Å². The van der Waals surface area contributed by atoms with E-state index in [9.17, 15) is 22.0 Å². The van der Waals surface area contributed by atoms with E-state index in [1.54, 1.807) is 6.92 Å². The molecule has 0 heterocycles. The number of ether oxygens (including phenoxy) is 1. The van der Waals surface area contributed by atoms with Gasteiger partial charge in [-0.15, -0.1) is 0 Å². The lowest BCUT2D eigenvalue weighted by Crippen LogP contribution is -2.30. The Morgan fingerprint density at radius 1 is 1.17 bits per heavy atom. The summed E-state index contributed by atoms with van der Waals surface area (Å²) in [5, 5.41) is 2.29. The number of rotatable bonds is 5. The largest absolute Gasteiger partial charge is 0.435 e. The molecule has 1 atom stereocenters. The summed E-state index contributed by atoms with van der Waals surface area (Å²) in [6.07, 6.45) is -4.28. The van der Waals surface area contributed by atoms with Crippen LogP contribution < -0.4 is 10.1 Å². The molecule has 0 aliphatic carbocycles. The maximum Gasteiger partial charge on any atom is 0.401 e. The highest BCUT2D eigenvalue weighted by molar-refractivity contribution is 5.28. The minimum Gasteiger partial charge on any atom is -0.435 e. The van der Waals surface area contributed by atoms with Gasteiger partial charge in [0.25, 0.3) is 0 Å². The molecule has 1 rings (SSSR count). The van der Waals surface area contributed by atoms with Crippen molar-refractivity contribution in [1.29, 1.82) is 0 Å². The average molecular weight is 269 g/mol. The summed E-state index contributed by atoms with van der Waals surface area (Å²) in [7, 11) is 0. The Kier molecular flexibility index (Phi) is 4.89. The molecule has 2 nitrogen and oxygen atoms in total. The first-order valence-electron chi connectivity index (χ1n) is 5.13. The van der Waals surface area contributed by atoms with Crippen LogP contribution in [-0.2, 0) is 0 Å². The molecule has 18 heavy (non-hydrogen) atoms. The first-order valence-corrected chi connectivity index (χ1v) is 5.13. The monoisotopic (exact) mass is 269 g/mol. The van der Waals surface area contributed by atoms with E-state index in [2.05, 4.69) is 10.1 Å². The van der Waals surface area contributed by atoms with Crippen molar-refractivity contribution in [3.63, 3.8) is 0 Å². The SMILES string of the molecule is CC(NCC(F)(F)F)c1ccc(OC(F)F)cc1.